The normalized spacial score (nSPS) is 20.4. The molecule has 0 bridgehead atoms. The molecule has 1 saturated heterocycles. The molecule has 14 nitrogen and oxygen atoms in total. The highest BCUT2D eigenvalue weighted by Gasteiger charge is 2.54. The van der Waals surface area contributed by atoms with Crippen molar-refractivity contribution >= 4 is 51.9 Å². The summed E-state index contributed by atoms with van der Waals surface area (Å²) in [7, 11) is 1.75. The summed E-state index contributed by atoms with van der Waals surface area (Å²) in [4.78, 5) is 47.9. The predicted octanol–water partition coefficient (Wildman–Crippen LogP) is -1.68. The number of carbonyl (C=O) groups excluding carboxylic acids is 2. The number of hydrogen-bond acceptors (Lipinski definition) is 11. The summed E-state index contributed by atoms with van der Waals surface area (Å²) in [5.74, 6) is -2.12. The number of hydrogen-bond donors (Lipinski definition) is 3. The second-order valence-electron chi connectivity index (χ2n) is 7.02. The van der Waals surface area contributed by atoms with Gasteiger partial charge in [0.1, 0.15) is 23.7 Å². The van der Waals surface area contributed by atoms with E-state index in [9.17, 15) is 19.5 Å². The van der Waals surface area contributed by atoms with Crippen LogP contribution >= 0.6 is 23.3 Å². The molecular formula is C17H20N9O5S2+. The van der Waals surface area contributed by atoms with E-state index in [0.29, 0.717) is 11.3 Å². The van der Waals surface area contributed by atoms with Gasteiger partial charge in [-0.1, -0.05) is 5.16 Å². The Morgan fingerprint density at radius 3 is 2.88 bits per heavy atom. The average molecular weight is 495 g/mol. The van der Waals surface area contributed by atoms with E-state index >= 15 is 0 Å². The number of rotatable bonds is 8. The van der Waals surface area contributed by atoms with Crippen LogP contribution < -0.4 is 15.6 Å². The van der Waals surface area contributed by atoms with Crippen LogP contribution in [0.3, 0.4) is 0 Å². The first-order chi connectivity index (χ1) is 15.8. The minimum Gasteiger partial charge on any atom is -0.477 e. The van der Waals surface area contributed by atoms with Crippen molar-refractivity contribution in [3.05, 3.63) is 29.7 Å². The number of fused-ring (bicyclic) bond motifs is 1. The number of nitrogens with one attached hydrogen (secondary N) is 1. The number of oxime groups is 1. The topological polar surface area (TPSA) is 182 Å². The second-order valence-corrected chi connectivity index (χ2v) is 8.91. The zero-order valence-electron chi connectivity index (χ0n) is 17.5. The molecule has 2 amide bonds. The maximum Gasteiger partial charge on any atom is 0.352 e. The summed E-state index contributed by atoms with van der Waals surface area (Å²) in [6.45, 7) is 2.17. The van der Waals surface area contributed by atoms with E-state index in [0.717, 1.165) is 11.5 Å². The zero-order chi connectivity index (χ0) is 23.7. The third-order valence-corrected chi connectivity index (χ3v) is 6.64. The van der Waals surface area contributed by atoms with Gasteiger partial charge in [-0.15, -0.1) is 16.4 Å². The van der Waals surface area contributed by atoms with Crippen LogP contribution in [0.5, 0.6) is 0 Å². The number of nitrogens with two attached hydrogens (primary N) is 1. The monoisotopic (exact) mass is 494 g/mol. The Kier molecular flexibility index (Phi) is 6.28. The van der Waals surface area contributed by atoms with Gasteiger partial charge in [0.15, 0.2) is 5.13 Å². The lowest BCUT2D eigenvalue weighted by Crippen LogP contribution is -2.71. The van der Waals surface area contributed by atoms with Gasteiger partial charge in [-0.3, -0.25) is 14.5 Å². The van der Waals surface area contributed by atoms with Gasteiger partial charge in [0.25, 0.3) is 18.1 Å². The fourth-order valence-corrected chi connectivity index (χ4v) is 5.15. The molecule has 2 atom stereocenters. The number of β-lactam (4-membered cyclic amide) rings is 1. The molecule has 16 heteroatoms. The molecule has 0 aromatic carbocycles. The Hall–Kier alpha value is -3.53. The number of thioether (sulfide) groups is 1. The Morgan fingerprint density at radius 1 is 1.48 bits per heavy atom. The third kappa shape index (κ3) is 4.38. The summed E-state index contributed by atoms with van der Waals surface area (Å²) in [6.07, 6.45) is 3.28. The van der Waals surface area contributed by atoms with E-state index in [-0.39, 0.29) is 35.5 Å². The highest BCUT2D eigenvalue weighted by molar-refractivity contribution is 8.00. The largest absolute Gasteiger partial charge is 0.477 e. The van der Waals surface area contributed by atoms with Crippen LogP contribution in [0.15, 0.2) is 29.1 Å². The Balaban J connectivity index is 1.53. The van der Waals surface area contributed by atoms with Crippen LogP contribution in [0, 0.1) is 0 Å². The van der Waals surface area contributed by atoms with Gasteiger partial charge in [0.05, 0.1) is 13.6 Å². The molecule has 2 aromatic rings. The van der Waals surface area contributed by atoms with E-state index in [1.807, 2.05) is 0 Å². The fourth-order valence-electron chi connectivity index (χ4n) is 3.38. The SMILES string of the molecule is CCON=C(C(=O)NC1C(=O)N2C(C(=O)O)=C(C[n+]3cnn(C)c3)CS[C@H]12)c1nsc(N)n1. The lowest BCUT2D eigenvalue weighted by Gasteiger charge is -2.49. The van der Waals surface area contributed by atoms with Crippen molar-refractivity contribution in [2.24, 2.45) is 12.2 Å². The van der Waals surface area contributed by atoms with E-state index < -0.39 is 29.2 Å². The van der Waals surface area contributed by atoms with Crippen molar-refractivity contribution in [1.82, 2.24) is 29.4 Å². The first-order valence-electron chi connectivity index (χ1n) is 9.68. The molecule has 0 saturated carbocycles. The summed E-state index contributed by atoms with van der Waals surface area (Å²) in [5.41, 5.74) is 5.86. The van der Waals surface area contributed by atoms with Crippen LogP contribution in [-0.2, 0) is 32.8 Å². The van der Waals surface area contributed by atoms with Crippen molar-refractivity contribution in [3.8, 4) is 0 Å². The molecule has 2 aliphatic rings. The Labute approximate surface area is 195 Å². The highest BCUT2D eigenvalue weighted by atomic mass is 32.2. The second kappa shape index (κ2) is 9.14. The van der Waals surface area contributed by atoms with Gasteiger partial charge >= 0.3 is 5.97 Å². The van der Waals surface area contributed by atoms with E-state index in [1.165, 1.54) is 16.7 Å². The number of aliphatic carboxylic acids is 1. The van der Waals surface area contributed by atoms with Crippen molar-refractivity contribution in [1.29, 1.82) is 0 Å². The first kappa shape index (κ1) is 22.7. The van der Waals surface area contributed by atoms with Crippen LogP contribution in [-0.4, -0.2) is 76.4 Å². The molecule has 33 heavy (non-hydrogen) atoms. The molecule has 0 radical (unpaired) electrons. The van der Waals surface area contributed by atoms with E-state index in [1.54, 1.807) is 35.9 Å². The number of carboxylic acid groups (broad SMARTS) is 1. The van der Waals surface area contributed by atoms with Gasteiger partial charge in [0.2, 0.25) is 17.9 Å². The number of anilines is 1. The van der Waals surface area contributed by atoms with Gasteiger partial charge < -0.3 is 21.0 Å². The van der Waals surface area contributed by atoms with Crippen LogP contribution in [0.4, 0.5) is 5.13 Å². The van der Waals surface area contributed by atoms with Crippen LogP contribution in [0.25, 0.3) is 0 Å². The molecule has 0 aliphatic carbocycles. The smallest absolute Gasteiger partial charge is 0.352 e. The van der Waals surface area contributed by atoms with Gasteiger partial charge in [-0.05, 0) is 6.92 Å². The number of nitrogen functional groups attached to an aromatic ring is 1. The minimum atomic E-state index is -1.21. The van der Waals surface area contributed by atoms with Crippen molar-refractivity contribution in [2.75, 3.05) is 18.1 Å². The number of aryl methyl sites for hydroxylation is 1. The lowest BCUT2D eigenvalue weighted by molar-refractivity contribution is -0.689. The number of aromatic nitrogens is 5. The molecule has 4 N–H and O–H groups in total. The van der Waals surface area contributed by atoms with Crippen molar-refractivity contribution in [3.63, 3.8) is 0 Å². The lowest BCUT2D eigenvalue weighted by atomic mass is 10.0. The number of carboxylic acids is 1. The molecule has 174 valence electrons. The average Bonchev–Trinajstić information content (AvgIpc) is 3.39. The van der Waals surface area contributed by atoms with E-state index in [4.69, 9.17) is 10.6 Å². The highest BCUT2D eigenvalue weighted by Crippen LogP contribution is 2.40. The summed E-state index contributed by atoms with van der Waals surface area (Å²) in [5, 5.41) is 19.8. The van der Waals surface area contributed by atoms with E-state index in [2.05, 4.69) is 24.9 Å². The van der Waals surface area contributed by atoms with Gasteiger partial charge in [0, 0.05) is 28.0 Å². The molecular weight excluding hydrogens is 474 g/mol. The molecule has 4 heterocycles. The zero-order valence-corrected chi connectivity index (χ0v) is 19.2. The molecule has 1 unspecified atom stereocenters. The minimum absolute atomic E-state index is 0.0229. The number of carbonyl (C=O) groups is 3. The first-order valence-corrected chi connectivity index (χ1v) is 11.5. The van der Waals surface area contributed by atoms with Crippen molar-refractivity contribution in [2.45, 2.75) is 24.9 Å². The van der Waals surface area contributed by atoms with Crippen molar-refractivity contribution < 1.29 is 28.9 Å². The van der Waals surface area contributed by atoms with Crippen LogP contribution in [0.1, 0.15) is 12.7 Å². The molecule has 2 aliphatic heterocycles. The molecule has 1 fully saturated rings. The Morgan fingerprint density at radius 2 is 2.27 bits per heavy atom. The Bertz CT molecular complexity index is 1170. The van der Waals surface area contributed by atoms with Gasteiger partial charge in [-0.25, -0.2) is 9.36 Å². The quantitative estimate of drug-likeness (QED) is 0.166. The number of nitrogens with zero attached hydrogens (tertiary/aromatic N) is 7. The molecule has 4 rings (SSSR count). The molecule has 0 spiro atoms. The number of amides is 2. The standard InChI is InChI=1S/C17H19N9O5S2/c1-3-31-22-9(12-21-17(18)33-23-12)13(27)20-10-14(28)26-11(16(29)30)8(5-32-15(10)26)4-25-6-19-24(2)7-25/h6-7,10,15H,3-5H2,1-2H3,(H3-,18,20,21,23,27,29,30)/p+1/t10?,15-/m1/s1. The summed E-state index contributed by atoms with van der Waals surface area (Å²) in [6, 6.07) is -0.938. The molecule has 2 aromatic heterocycles. The summed E-state index contributed by atoms with van der Waals surface area (Å²) >= 11 is 2.25. The maximum atomic E-state index is 12.9. The fraction of sp³-hybridized carbons (Fsp3) is 0.412. The summed E-state index contributed by atoms with van der Waals surface area (Å²) < 4.78 is 7.29. The van der Waals surface area contributed by atoms with Gasteiger partial charge in [-0.2, -0.15) is 9.36 Å². The van der Waals surface area contributed by atoms with Crippen LogP contribution in [0.2, 0.25) is 0 Å². The third-order valence-electron chi connectivity index (χ3n) is 4.76. The maximum absolute atomic E-state index is 12.9. The predicted molar refractivity (Wildman–Crippen MR) is 116 cm³/mol.